The molecule has 1 aliphatic rings. The second-order valence-corrected chi connectivity index (χ2v) is 5.94. The van der Waals surface area contributed by atoms with Gasteiger partial charge in [-0.3, -0.25) is 0 Å². The molecule has 1 fully saturated rings. The Morgan fingerprint density at radius 1 is 1.23 bits per heavy atom. The molecule has 0 saturated carbocycles. The van der Waals surface area contributed by atoms with Crippen molar-refractivity contribution >= 4 is 23.0 Å². The van der Waals surface area contributed by atoms with Crippen molar-refractivity contribution < 1.29 is 0 Å². The molecule has 0 spiro atoms. The Balaban J connectivity index is 1.90. The van der Waals surface area contributed by atoms with E-state index in [1.807, 2.05) is 18.2 Å². The Morgan fingerprint density at radius 2 is 2.05 bits per heavy atom. The van der Waals surface area contributed by atoms with Gasteiger partial charge in [0.05, 0.1) is 0 Å². The van der Waals surface area contributed by atoms with Crippen LogP contribution in [0.4, 0.5) is 23.0 Å². The molecule has 0 amide bonds. The van der Waals surface area contributed by atoms with E-state index in [2.05, 4.69) is 40.1 Å². The predicted octanol–water partition coefficient (Wildman–Crippen LogP) is 3.49. The second kappa shape index (κ2) is 6.22. The van der Waals surface area contributed by atoms with Crippen LogP contribution in [-0.4, -0.2) is 22.6 Å². The molecule has 5 nitrogen and oxygen atoms in total. The Morgan fingerprint density at radius 3 is 2.82 bits per heavy atom. The van der Waals surface area contributed by atoms with Crippen LogP contribution >= 0.6 is 0 Å². The molecule has 0 radical (unpaired) electrons. The monoisotopic (exact) mass is 297 g/mol. The number of para-hydroxylation sites is 1. The number of nitrogens with two attached hydrogens (primary N) is 1. The van der Waals surface area contributed by atoms with Crippen molar-refractivity contribution in [1.82, 2.24) is 9.97 Å². The SMILES string of the molecule is Cc1ccccc1Nc1ncnc(N2CCCCC2C)c1N. The van der Waals surface area contributed by atoms with Gasteiger partial charge in [-0.2, -0.15) is 0 Å². The topological polar surface area (TPSA) is 67.1 Å². The number of aryl methyl sites for hydroxylation is 1. The third-order valence-electron chi connectivity index (χ3n) is 4.34. The molecule has 1 aromatic carbocycles. The normalized spacial score (nSPS) is 18.3. The van der Waals surface area contributed by atoms with Gasteiger partial charge in [0.2, 0.25) is 0 Å². The largest absolute Gasteiger partial charge is 0.393 e. The first-order valence-electron chi connectivity index (χ1n) is 7.86. The number of benzene rings is 1. The number of hydrogen-bond acceptors (Lipinski definition) is 5. The number of anilines is 4. The summed E-state index contributed by atoms with van der Waals surface area (Å²) in [6.45, 7) is 5.30. The number of nitrogen functional groups attached to an aromatic ring is 1. The molecule has 3 rings (SSSR count). The van der Waals surface area contributed by atoms with Crippen LogP contribution in [0.15, 0.2) is 30.6 Å². The zero-order chi connectivity index (χ0) is 15.5. The molecule has 0 aliphatic carbocycles. The third kappa shape index (κ3) is 2.84. The third-order valence-corrected chi connectivity index (χ3v) is 4.34. The molecule has 1 atom stereocenters. The number of nitrogens with one attached hydrogen (secondary N) is 1. The van der Waals surface area contributed by atoms with Gasteiger partial charge in [0.25, 0.3) is 0 Å². The summed E-state index contributed by atoms with van der Waals surface area (Å²) >= 11 is 0. The summed E-state index contributed by atoms with van der Waals surface area (Å²) < 4.78 is 0. The van der Waals surface area contributed by atoms with Gasteiger partial charge in [-0.1, -0.05) is 18.2 Å². The van der Waals surface area contributed by atoms with E-state index in [0.29, 0.717) is 17.5 Å². The van der Waals surface area contributed by atoms with Gasteiger partial charge < -0.3 is 16.0 Å². The van der Waals surface area contributed by atoms with E-state index in [9.17, 15) is 0 Å². The minimum atomic E-state index is 0.470. The molecule has 5 heteroatoms. The maximum Gasteiger partial charge on any atom is 0.159 e. The van der Waals surface area contributed by atoms with Gasteiger partial charge in [-0.15, -0.1) is 0 Å². The molecular weight excluding hydrogens is 274 g/mol. The fourth-order valence-corrected chi connectivity index (χ4v) is 2.97. The summed E-state index contributed by atoms with van der Waals surface area (Å²) in [7, 11) is 0. The highest BCUT2D eigenvalue weighted by molar-refractivity contribution is 5.79. The van der Waals surface area contributed by atoms with Gasteiger partial charge in [0, 0.05) is 18.3 Å². The lowest BCUT2D eigenvalue weighted by Crippen LogP contribution is -2.38. The van der Waals surface area contributed by atoms with Crippen molar-refractivity contribution in [2.24, 2.45) is 0 Å². The van der Waals surface area contributed by atoms with Crippen LogP contribution in [0.1, 0.15) is 31.7 Å². The molecule has 1 unspecified atom stereocenters. The number of rotatable bonds is 3. The van der Waals surface area contributed by atoms with Crippen molar-refractivity contribution in [3.63, 3.8) is 0 Å². The van der Waals surface area contributed by atoms with Gasteiger partial charge in [0.1, 0.15) is 12.0 Å². The molecule has 0 bridgehead atoms. The zero-order valence-electron chi connectivity index (χ0n) is 13.2. The molecule has 1 aromatic heterocycles. The molecule has 2 aromatic rings. The predicted molar refractivity (Wildman–Crippen MR) is 91.6 cm³/mol. The first-order chi connectivity index (χ1) is 10.7. The molecule has 116 valence electrons. The Bertz CT molecular complexity index is 655. The van der Waals surface area contributed by atoms with E-state index < -0.39 is 0 Å². The van der Waals surface area contributed by atoms with Crippen LogP contribution in [-0.2, 0) is 0 Å². The average Bonchev–Trinajstić information content (AvgIpc) is 2.52. The second-order valence-electron chi connectivity index (χ2n) is 5.94. The molecule has 1 aliphatic heterocycles. The quantitative estimate of drug-likeness (QED) is 0.907. The molecule has 22 heavy (non-hydrogen) atoms. The summed E-state index contributed by atoms with van der Waals surface area (Å²) in [5, 5.41) is 3.33. The van der Waals surface area contributed by atoms with E-state index in [1.165, 1.54) is 19.3 Å². The van der Waals surface area contributed by atoms with Gasteiger partial charge in [-0.25, -0.2) is 9.97 Å². The molecule has 2 heterocycles. The summed E-state index contributed by atoms with van der Waals surface area (Å²) in [5.41, 5.74) is 9.15. The highest BCUT2D eigenvalue weighted by atomic mass is 15.2. The molecular formula is C17H23N5. The van der Waals surface area contributed by atoms with Crippen LogP contribution in [0.2, 0.25) is 0 Å². The number of piperidine rings is 1. The average molecular weight is 297 g/mol. The lowest BCUT2D eigenvalue weighted by molar-refractivity contribution is 0.481. The first kappa shape index (κ1) is 14.6. The fraction of sp³-hybridized carbons (Fsp3) is 0.412. The van der Waals surface area contributed by atoms with E-state index in [0.717, 1.165) is 23.6 Å². The lowest BCUT2D eigenvalue weighted by Gasteiger charge is -2.35. The van der Waals surface area contributed by atoms with Gasteiger partial charge >= 0.3 is 0 Å². The highest BCUT2D eigenvalue weighted by Crippen LogP contribution is 2.32. The Hall–Kier alpha value is -2.30. The van der Waals surface area contributed by atoms with Gasteiger partial charge in [-0.05, 0) is 44.7 Å². The van der Waals surface area contributed by atoms with Crippen molar-refractivity contribution in [1.29, 1.82) is 0 Å². The maximum absolute atomic E-state index is 6.35. The smallest absolute Gasteiger partial charge is 0.159 e. The van der Waals surface area contributed by atoms with Crippen molar-refractivity contribution in [2.75, 3.05) is 22.5 Å². The summed E-state index contributed by atoms with van der Waals surface area (Å²) in [5.74, 6) is 1.52. The van der Waals surface area contributed by atoms with Crippen LogP contribution < -0.4 is 16.0 Å². The Labute approximate surface area is 131 Å². The van der Waals surface area contributed by atoms with Crippen LogP contribution in [0.5, 0.6) is 0 Å². The zero-order valence-corrected chi connectivity index (χ0v) is 13.2. The highest BCUT2D eigenvalue weighted by Gasteiger charge is 2.23. The van der Waals surface area contributed by atoms with Crippen molar-refractivity contribution in [2.45, 2.75) is 39.2 Å². The van der Waals surface area contributed by atoms with Crippen LogP contribution in [0.25, 0.3) is 0 Å². The first-order valence-corrected chi connectivity index (χ1v) is 7.86. The Kier molecular flexibility index (Phi) is 4.13. The summed E-state index contributed by atoms with van der Waals surface area (Å²) in [4.78, 5) is 11.0. The molecule has 1 saturated heterocycles. The van der Waals surface area contributed by atoms with Crippen molar-refractivity contribution in [3.05, 3.63) is 36.2 Å². The van der Waals surface area contributed by atoms with Crippen LogP contribution in [0, 0.1) is 6.92 Å². The van der Waals surface area contributed by atoms with E-state index in [4.69, 9.17) is 5.73 Å². The van der Waals surface area contributed by atoms with E-state index in [-0.39, 0.29) is 0 Å². The summed E-state index contributed by atoms with van der Waals surface area (Å²) in [6.07, 6.45) is 5.24. The summed E-state index contributed by atoms with van der Waals surface area (Å²) in [6, 6.07) is 8.58. The molecule has 3 N–H and O–H groups in total. The lowest BCUT2D eigenvalue weighted by atomic mass is 10.0. The standard InChI is InChI=1S/C17H23N5/c1-12-7-3-4-9-14(12)21-16-15(18)17(20-11-19-16)22-10-6-5-8-13(22)2/h3-4,7,9,11,13H,5-6,8,10,18H2,1-2H3,(H,19,20,21). The van der Waals surface area contributed by atoms with Crippen molar-refractivity contribution in [3.8, 4) is 0 Å². The van der Waals surface area contributed by atoms with E-state index in [1.54, 1.807) is 6.33 Å². The minimum Gasteiger partial charge on any atom is -0.393 e. The number of nitrogens with zero attached hydrogens (tertiary/aromatic N) is 3. The van der Waals surface area contributed by atoms with E-state index >= 15 is 0 Å². The van der Waals surface area contributed by atoms with Gasteiger partial charge in [0.15, 0.2) is 11.6 Å². The minimum absolute atomic E-state index is 0.470. The number of hydrogen-bond donors (Lipinski definition) is 2. The van der Waals surface area contributed by atoms with Crippen LogP contribution in [0.3, 0.4) is 0 Å². The fourth-order valence-electron chi connectivity index (χ4n) is 2.97. The number of aromatic nitrogens is 2. The maximum atomic E-state index is 6.35.